The topological polar surface area (TPSA) is 111 Å². The molecule has 11 heteroatoms. The van der Waals surface area contributed by atoms with E-state index < -0.39 is 15.1 Å². The van der Waals surface area contributed by atoms with Crippen molar-refractivity contribution in [1.82, 2.24) is 19.7 Å². The van der Waals surface area contributed by atoms with Gasteiger partial charge in [0, 0.05) is 13.2 Å². The van der Waals surface area contributed by atoms with Crippen molar-refractivity contribution in [3.8, 4) is 5.75 Å². The number of rotatable bonds is 9. The van der Waals surface area contributed by atoms with Gasteiger partial charge in [0.25, 0.3) is 0 Å². The van der Waals surface area contributed by atoms with E-state index in [0.717, 1.165) is 24.3 Å². The second kappa shape index (κ2) is 10.7. The Balaban J connectivity index is 1.44. The van der Waals surface area contributed by atoms with Crippen molar-refractivity contribution in [2.24, 2.45) is 7.05 Å². The van der Waals surface area contributed by atoms with Gasteiger partial charge in [0.1, 0.15) is 10.8 Å². The van der Waals surface area contributed by atoms with Gasteiger partial charge < -0.3 is 15.4 Å². The van der Waals surface area contributed by atoms with E-state index in [1.165, 1.54) is 54.1 Å². The lowest BCUT2D eigenvalue weighted by atomic mass is 9.82. The number of sulfone groups is 1. The highest BCUT2D eigenvalue weighted by Crippen LogP contribution is 2.41. The van der Waals surface area contributed by atoms with Gasteiger partial charge in [-0.3, -0.25) is 4.68 Å². The predicted octanol–water partition coefficient (Wildman–Crippen LogP) is 6.43. The van der Waals surface area contributed by atoms with Crippen molar-refractivity contribution < 1.29 is 13.2 Å². The maximum absolute atomic E-state index is 12.8. The highest BCUT2D eigenvalue weighted by molar-refractivity contribution is 7.92. The summed E-state index contributed by atoms with van der Waals surface area (Å²) in [5, 5.41) is 10.1. The standard InChI is InChI=1S/C27H35ClN6O3S/c1-16(2)38(35,36)26-23(15-34(4)33-26)30-25-21(28)14-29-27(32-25)31-22-12-17(3)20(18-8-6-5-7-9-18)13-24(22)37-19-10-11-19/h12-16,18-19H,5-11H2,1-4H3,(H2,29,30,31,32). The molecule has 0 amide bonds. The van der Waals surface area contributed by atoms with E-state index in [1.54, 1.807) is 27.1 Å². The molecule has 2 aliphatic carbocycles. The van der Waals surface area contributed by atoms with Gasteiger partial charge in [-0.25, -0.2) is 13.4 Å². The first-order valence-corrected chi connectivity index (χ1v) is 15.2. The molecule has 2 fully saturated rings. The number of benzene rings is 1. The molecule has 0 bridgehead atoms. The van der Waals surface area contributed by atoms with Crippen LogP contribution in [0.25, 0.3) is 0 Å². The molecule has 0 saturated heterocycles. The SMILES string of the molecule is Cc1cc(Nc2ncc(Cl)c(Nc3cn(C)nc3S(=O)(=O)C(C)C)n2)c(OC2CC2)cc1C1CCCCC1. The van der Waals surface area contributed by atoms with Crippen LogP contribution in [0, 0.1) is 6.92 Å². The Morgan fingerprint density at radius 3 is 2.50 bits per heavy atom. The second-order valence-electron chi connectivity index (χ2n) is 10.6. The minimum atomic E-state index is -3.62. The molecule has 2 N–H and O–H groups in total. The zero-order valence-corrected chi connectivity index (χ0v) is 23.9. The molecule has 0 unspecified atom stereocenters. The van der Waals surface area contributed by atoms with E-state index in [2.05, 4.69) is 44.8 Å². The van der Waals surface area contributed by atoms with Gasteiger partial charge in [0.2, 0.25) is 20.8 Å². The summed E-state index contributed by atoms with van der Waals surface area (Å²) in [4.78, 5) is 8.93. The number of halogens is 1. The fourth-order valence-corrected chi connectivity index (χ4v) is 6.11. The molecule has 0 radical (unpaired) electrons. The Bertz CT molecular complexity index is 1430. The molecule has 2 saturated carbocycles. The van der Waals surface area contributed by atoms with Crippen LogP contribution in [0.4, 0.5) is 23.1 Å². The molecule has 0 atom stereocenters. The third-order valence-electron chi connectivity index (χ3n) is 7.16. The van der Waals surface area contributed by atoms with Crippen LogP contribution >= 0.6 is 11.6 Å². The summed E-state index contributed by atoms with van der Waals surface area (Å²) < 4.78 is 33.4. The molecule has 2 aromatic heterocycles. The van der Waals surface area contributed by atoms with Crippen molar-refractivity contribution in [2.45, 2.75) is 88.0 Å². The van der Waals surface area contributed by atoms with Crippen LogP contribution in [-0.2, 0) is 16.9 Å². The lowest BCUT2D eigenvalue weighted by Gasteiger charge is -2.25. The maximum atomic E-state index is 12.8. The minimum absolute atomic E-state index is 0.0479. The normalized spacial score (nSPS) is 16.6. The molecule has 3 aromatic rings. The van der Waals surface area contributed by atoms with Crippen LogP contribution in [0.2, 0.25) is 5.02 Å². The fourth-order valence-electron chi connectivity index (χ4n) is 4.87. The molecular weight excluding hydrogens is 524 g/mol. The van der Waals surface area contributed by atoms with Gasteiger partial charge in [0.15, 0.2) is 5.82 Å². The van der Waals surface area contributed by atoms with E-state index in [1.807, 2.05) is 0 Å². The average Bonchev–Trinajstić information content (AvgIpc) is 3.62. The summed E-state index contributed by atoms with van der Waals surface area (Å²) >= 11 is 6.41. The maximum Gasteiger partial charge on any atom is 0.229 e. The van der Waals surface area contributed by atoms with E-state index in [4.69, 9.17) is 16.3 Å². The summed E-state index contributed by atoms with van der Waals surface area (Å²) in [5.41, 5.74) is 3.68. The quantitative estimate of drug-likeness (QED) is 0.309. The minimum Gasteiger partial charge on any atom is -0.488 e. The summed E-state index contributed by atoms with van der Waals surface area (Å²) in [6.45, 7) is 5.39. The summed E-state index contributed by atoms with van der Waals surface area (Å²) in [7, 11) is -1.95. The number of anilines is 4. The lowest BCUT2D eigenvalue weighted by molar-refractivity contribution is 0.304. The molecule has 2 heterocycles. The van der Waals surface area contributed by atoms with Crippen LogP contribution in [-0.4, -0.2) is 39.5 Å². The first-order valence-electron chi connectivity index (χ1n) is 13.3. The van der Waals surface area contributed by atoms with Crippen molar-refractivity contribution in [3.63, 3.8) is 0 Å². The molecule has 0 spiro atoms. The number of aryl methyl sites for hydroxylation is 2. The van der Waals surface area contributed by atoms with E-state index >= 15 is 0 Å². The van der Waals surface area contributed by atoms with Gasteiger partial charge in [-0.2, -0.15) is 10.1 Å². The van der Waals surface area contributed by atoms with Crippen LogP contribution in [0.15, 0.2) is 29.6 Å². The molecule has 1 aromatic carbocycles. The largest absolute Gasteiger partial charge is 0.488 e. The van der Waals surface area contributed by atoms with Crippen molar-refractivity contribution in [2.75, 3.05) is 10.6 Å². The van der Waals surface area contributed by atoms with Gasteiger partial charge >= 0.3 is 0 Å². The van der Waals surface area contributed by atoms with E-state index in [0.29, 0.717) is 17.6 Å². The third-order valence-corrected chi connectivity index (χ3v) is 9.52. The van der Waals surface area contributed by atoms with Crippen LogP contribution in [0.1, 0.15) is 75.8 Å². The Morgan fingerprint density at radius 2 is 1.82 bits per heavy atom. The molecule has 5 rings (SSSR count). The Labute approximate surface area is 229 Å². The number of aromatic nitrogens is 4. The van der Waals surface area contributed by atoms with Gasteiger partial charge in [-0.05, 0) is 75.6 Å². The van der Waals surface area contributed by atoms with Crippen molar-refractivity contribution in [1.29, 1.82) is 0 Å². The highest BCUT2D eigenvalue weighted by atomic mass is 35.5. The molecule has 9 nitrogen and oxygen atoms in total. The fraction of sp³-hybridized carbons (Fsp3) is 0.519. The number of nitrogens with one attached hydrogen (secondary N) is 2. The molecular formula is C27H35ClN6O3S. The number of nitrogens with zero attached hydrogens (tertiary/aromatic N) is 4. The third kappa shape index (κ3) is 5.76. The summed E-state index contributed by atoms with van der Waals surface area (Å²) in [5.74, 6) is 1.97. The van der Waals surface area contributed by atoms with Crippen molar-refractivity contribution >= 4 is 44.6 Å². The van der Waals surface area contributed by atoms with E-state index in [-0.39, 0.29) is 22.0 Å². The Kier molecular flexibility index (Phi) is 7.55. The highest BCUT2D eigenvalue weighted by Gasteiger charge is 2.28. The second-order valence-corrected chi connectivity index (χ2v) is 13.4. The van der Waals surface area contributed by atoms with Crippen LogP contribution < -0.4 is 15.4 Å². The monoisotopic (exact) mass is 558 g/mol. The van der Waals surface area contributed by atoms with E-state index in [9.17, 15) is 8.42 Å². The first kappa shape index (κ1) is 26.7. The van der Waals surface area contributed by atoms with Crippen LogP contribution in [0.3, 0.4) is 0 Å². The molecule has 38 heavy (non-hydrogen) atoms. The molecule has 2 aliphatic rings. The zero-order chi connectivity index (χ0) is 27.0. The van der Waals surface area contributed by atoms with Gasteiger partial charge in [-0.1, -0.05) is 30.9 Å². The van der Waals surface area contributed by atoms with Crippen molar-refractivity contribution in [3.05, 3.63) is 40.7 Å². The van der Waals surface area contributed by atoms with Crippen LogP contribution in [0.5, 0.6) is 5.75 Å². The average molecular weight is 559 g/mol. The van der Waals surface area contributed by atoms with Gasteiger partial charge in [-0.15, -0.1) is 0 Å². The number of hydrogen-bond donors (Lipinski definition) is 2. The lowest BCUT2D eigenvalue weighted by Crippen LogP contribution is -2.16. The number of ether oxygens (including phenoxy) is 1. The molecule has 0 aliphatic heterocycles. The summed E-state index contributed by atoms with van der Waals surface area (Å²) in [6, 6.07) is 4.31. The number of hydrogen-bond acceptors (Lipinski definition) is 8. The Morgan fingerprint density at radius 1 is 1.08 bits per heavy atom. The molecule has 204 valence electrons. The first-order chi connectivity index (χ1) is 18.1. The summed E-state index contributed by atoms with van der Waals surface area (Å²) in [6.07, 6.45) is 11.7. The van der Waals surface area contributed by atoms with Gasteiger partial charge in [0.05, 0.1) is 28.9 Å². The smallest absolute Gasteiger partial charge is 0.229 e. The Hall–Kier alpha value is -2.85. The zero-order valence-electron chi connectivity index (χ0n) is 22.3. The predicted molar refractivity (Wildman–Crippen MR) is 150 cm³/mol.